The second-order valence-electron chi connectivity index (χ2n) is 5.16. The fourth-order valence-corrected chi connectivity index (χ4v) is 3.18. The number of anilines is 1. The van der Waals surface area contributed by atoms with Gasteiger partial charge in [-0.1, -0.05) is 0 Å². The molecule has 1 aliphatic heterocycles. The van der Waals surface area contributed by atoms with E-state index in [0.29, 0.717) is 6.42 Å². The first-order chi connectivity index (χ1) is 8.16. The number of benzene rings is 1. The van der Waals surface area contributed by atoms with Gasteiger partial charge in [-0.25, -0.2) is 0 Å². The molecule has 0 radical (unpaired) electrons. The standard InChI is InChI=1S/C14H18N2O/c1-8-7-12-10(5-6-13(17)16-12)14-9(8)3-2-4-11(14)15/h7,11H,2-6,15H2,1H3,(H,16,17). The molecule has 1 unspecified atom stereocenters. The van der Waals surface area contributed by atoms with Crippen molar-refractivity contribution in [1.82, 2.24) is 0 Å². The number of carbonyl (C=O) groups excluding carboxylic acids is 1. The van der Waals surface area contributed by atoms with Gasteiger partial charge in [0.25, 0.3) is 0 Å². The highest BCUT2D eigenvalue weighted by atomic mass is 16.1. The van der Waals surface area contributed by atoms with Gasteiger partial charge in [-0.05, 0) is 60.9 Å². The number of fused-ring (bicyclic) bond motifs is 3. The second-order valence-corrected chi connectivity index (χ2v) is 5.16. The van der Waals surface area contributed by atoms with Crippen molar-refractivity contribution < 1.29 is 4.79 Å². The fraction of sp³-hybridized carbons (Fsp3) is 0.500. The average molecular weight is 230 g/mol. The third-order valence-electron chi connectivity index (χ3n) is 4.00. The minimum Gasteiger partial charge on any atom is -0.326 e. The summed E-state index contributed by atoms with van der Waals surface area (Å²) in [7, 11) is 0. The maximum Gasteiger partial charge on any atom is 0.224 e. The van der Waals surface area contributed by atoms with E-state index in [1.165, 1.54) is 28.7 Å². The fourth-order valence-electron chi connectivity index (χ4n) is 3.18. The molecular weight excluding hydrogens is 212 g/mol. The van der Waals surface area contributed by atoms with Crippen molar-refractivity contribution in [2.24, 2.45) is 5.73 Å². The second kappa shape index (κ2) is 3.84. The van der Waals surface area contributed by atoms with Gasteiger partial charge in [-0.2, -0.15) is 0 Å². The molecular formula is C14H18N2O. The smallest absolute Gasteiger partial charge is 0.224 e. The highest BCUT2D eigenvalue weighted by Crippen LogP contribution is 2.38. The summed E-state index contributed by atoms with van der Waals surface area (Å²) in [6.07, 6.45) is 4.82. The summed E-state index contributed by atoms with van der Waals surface area (Å²) in [4.78, 5) is 11.4. The number of amides is 1. The number of nitrogens with two attached hydrogens (primary N) is 1. The molecule has 1 amide bonds. The van der Waals surface area contributed by atoms with E-state index in [4.69, 9.17) is 5.73 Å². The van der Waals surface area contributed by atoms with Gasteiger partial charge in [-0.3, -0.25) is 4.79 Å². The Labute approximate surface area is 101 Å². The first-order valence-electron chi connectivity index (χ1n) is 6.37. The van der Waals surface area contributed by atoms with E-state index in [9.17, 15) is 4.79 Å². The van der Waals surface area contributed by atoms with Gasteiger partial charge >= 0.3 is 0 Å². The molecule has 1 heterocycles. The molecule has 17 heavy (non-hydrogen) atoms. The van der Waals surface area contributed by atoms with Crippen LogP contribution < -0.4 is 11.1 Å². The summed E-state index contributed by atoms with van der Waals surface area (Å²) in [6, 6.07) is 2.27. The number of hydrogen-bond acceptors (Lipinski definition) is 2. The summed E-state index contributed by atoms with van der Waals surface area (Å²) < 4.78 is 0. The Morgan fingerprint density at radius 3 is 2.94 bits per heavy atom. The van der Waals surface area contributed by atoms with Crippen LogP contribution in [0.5, 0.6) is 0 Å². The molecule has 0 aromatic heterocycles. The van der Waals surface area contributed by atoms with Crippen LogP contribution in [0.2, 0.25) is 0 Å². The van der Waals surface area contributed by atoms with Gasteiger partial charge in [0.15, 0.2) is 0 Å². The van der Waals surface area contributed by atoms with Crippen LogP contribution >= 0.6 is 0 Å². The average Bonchev–Trinajstić information content (AvgIpc) is 2.29. The van der Waals surface area contributed by atoms with Crippen LogP contribution in [0.3, 0.4) is 0 Å². The zero-order valence-corrected chi connectivity index (χ0v) is 10.2. The van der Waals surface area contributed by atoms with Crippen molar-refractivity contribution in [2.45, 2.75) is 45.1 Å². The number of carbonyl (C=O) groups is 1. The Bertz CT molecular complexity index is 493. The normalized spacial score (nSPS) is 22.7. The highest BCUT2D eigenvalue weighted by molar-refractivity contribution is 5.94. The Kier molecular flexibility index (Phi) is 2.44. The van der Waals surface area contributed by atoms with Crippen LogP contribution in [0.1, 0.15) is 47.6 Å². The molecule has 3 rings (SSSR count). The first-order valence-corrected chi connectivity index (χ1v) is 6.37. The largest absolute Gasteiger partial charge is 0.326 e. The maximum atomic E-state index is 11.4. The summed E-state index contributed by atoms with van der Waals surface area (Å²) in [5.74, 6) is 0.126. The number of rotatable bonds is 0. The lowest BCUT2D eigenvalue weighted by atomic mass is 9.80. The van der Waals surface area contributed by atoms with Gasteiger partial charge in [0.1, 0.15) is 0 Å². The minimum absolute atomic E-state index is 0.126. The molecule has 0 saturated heterocycles. The zero-order valence-electron chi connectivity index (χ0n) is 10.2. The molecule has 90 valence electrons. The van der Waals surface area contributed by atoms with Crippen molar-refractivity contribution in [3.63, 3.8) is 0 Å². The van der Waals surface area contributed by atoms with Crippen LogP contribution in [0, 0.1) is 6.92 Å². The summed E-state index contributed by atoms with van der Waals surface area (Å²) in [5.41, 5.74) is 12.6. The van der Waals surface area contributed by atoms with Crippen molar-refractivity contribution in [1.29, 1.82) is 0 Å². The number of aryl methyl sites for hydroxylation is 1. The SMILES string of the molecule is Cc1cc2c(c3c1CCCC3N)CCC(=O)N2. The minimum atomic E-state index is 0.126. The molecule has 1 aromatic carbocycles. The Morgan fingerprint density at radius 1 is 1.29 bits per heavy atom. The number of nitrogens with one attached hydrogen (secondary N) is 1. The predicted octanol–water partition coefficient (Wildman–Crippen LogP) is 2.22. The van der Waals surface area contributed by atoms with Crippen LogP contribution in [0.4, 0.5) is 5.69 Å². The molecule has 3 N–H and O–H groups in total. The lowest BCUT2D eigenvalue weighted by Gasteiger charge is -2.30. The van der Waals surface area contributed by atoms with E-state index < -0.39 is 0 Å². The lowest BCUT2D eigenvalue weighted by Crippen LogP contribution is -2.26. The predicted molar refractivity (Wildman–Crippen MR) is 68.0 cm³/mol. The number of hydrogen-bond donors (Lipinski definition) is 2. The molecule has 3 nitrogen and oxygen atoms in total. The summed E-state index contributed by atoms with van der Waals surface area (Å²) in [5, 5.41) is 2.98. The Hall–Kier alpha value is -1.35. The molecule has 2 aliphatic rings. The monoisotopic (exact) mass is 230 g/mol. The molecule has 0 bridgehead atoms. The van der Waals surface area contributed by atoms with Gasteiger partial charge in [0.2, 0.25) is 5.91 Å². The van der Waals surface area contributed by atoms with Crippen molar-refractivity contribution in [3.05, 3.63) is 28.3 Å². The van der Waals surface area contributed by atoms with E-state index in [2.05, 4.69) is 18.3 Å². The first kappa shape index (κ1) is 10.8. The van der Waals surface area contributed by atoms with Crippen LogP contribution in [0.15, 0.2) is 6.07 Å². The van der Waals surface area contributed by atoms with Gasteiger partial charge in [0, 0.05) is 18.2 Å². The molecule has 1 aliphatic carbocycles. The molecule has 1 atom stereocenters. The highest BCUT2D eigenvalue weighted by Gasteiger charge is 2.26. The van der Waals surface area contributed by atoms with E-state index >= 15 is 0 Å². The topological polar surface area (TPSA) is 55.1 Å². The van der Waals surface area contributed by atoms with Crippen molar-refractivity contribution in [3.8, 4) is 0 Å². The molecule has 1 aromatic rings. The van der Waals surface area contributed by atoms with Crippen LogP contribution in [0.25, 0.3) is 0 Å². The van der Waals surface area contributed by atoms with Crippen LogP contribution in [-0.4, -0.2) is 5.91 Å². The molecule has 0 fully saturated rings. The van der Waals surface area contributed by atoms with Crippen LogP contribution in [-0.2, 0) is 17.6 Å². The summed E-state index contributed by atoms with van der Waals surface area (Å²) >= 11 is 0. The lowest BCUT2D eigenvalue weighted by molar-refractivity contribution is -0.116. The van der Waals surface area contributed by atoms with E-state index in [-0.39, 0.29) is 11.9 Å². The third kappa shape index (κ3) is 1.65. The van der Waals surface area contributed by atoms with E-state index in [1.54, 1.807) is 0 Å². The summed E-state index contributed by atoms with van der Waals surface area (Å²) in [6.45, 7) is 2.12. The van der Waals surface area contributed by atoms with Gasteiger partial charge in [-0.15, -0.1) is 0 Å². The van der Waals surface area contributed by atoms with Crippen molar-refractivity contribution >= 4 is 11.6 Å². The Morgan fingerprint density at radius 2 is 2.12 bits per heavy atom. The molecule has 3 heteroatoms. The third-order valence-corrected chi connectivity index (χ3v) is 4.00. The van der Waals surface area contributed by atoms with Gasteiger partial charge in [0.05, 0.1) is 0 Å². The Balaban J connectivity index is 2.20. The van der Waals surface area contributed by atoms with E-state index in [0.717, 1.165) is 24.9 Å². The molecule has 0 saturated carbocycles. The zero-order chi connectivity index (χ0) is 12.0. The molecule has 0 spiro atoms. The van der Waals surface area contributed by atoms with Crippen molar-refractivity contribution in [2.75, 3.05) is 5.32 Å². The quantitative estimate of drug-likeness (QED) is 0.718. The maximum absolute atomic E-state index is 11.4. The van der Waals surface area contributed by atoms with Gasteiger partial charge < -0.3 is 11.1 Å². The van der Waals surface area contributed by atoms with E-state index in [1.807, 2.05) is 0 Å².